The first-order valence-corrected chi connectivity index (χ1v) is 9.46. The lowest BCUT2D eigenvalue weighted by atomic mass is 9.46. The molecule has 122 valence electrons. The molecular formula is C20H36O. The largest absolute Gasteiger partial charge is 0.378 e. The molecule has 1 nitrogen and oxygen atoms in total. The fraction of sp³-hybridized carbons (Fsp3) is 1.00. The second-order valence-corrected chi connectivity index (χ2v) is 9.19. The summed E-state index contributed by atoms with van der Waals surface area (Å²) >= 11 is 0. The molecule has 0 bridgehead atoms. The standard InChI is InChI=1S/C20H36O/c1-14(2)15-7-9-17-16(13-15)8-10-18-19(17,3)11-6-12-20(18,4)21-5/h14-18H,6-13H2,1-5H3/t15-,16+,17-,18+,19+,20-/m0/s1. The summed E-state index contributed by atoms with van der Waals surface area (Å²) in [7, 11) is 1.95. The van der Waals surface area contributed by atoms with Gasteiger partial charge in [-0.3, -0.25) is 0 Å². The van der Waals surface area contributed by atoms with Crippen LogP contribution in [0.15, 0.2) is 0 Å². The number of fused-ring (bicyclic) bond motifs is 3. The maximum Gasteiger partial charge on any atom is 0.0684 e. The smallest absolute Gasteiger partial charge is 0.0684 e. The van der Waals surface area contributed by atoms with Crippen LogP contribution in [0, 0.1) is 35.0 Å². The molecule has 0 amide bonds. The first kappa shape index (κ1) is 15.8. The van der Waals surface area contributed by atoms with Gasteiger partial charge < -0.3 is 4.74 Å². The van der Waals surface area contributed by atoms with Crippen LogP contribution in [-0.2, 0) is 4.74 Å². The van der Waals surface area contributed by atoms with Crippen molar-refractivity contribution in [2.24, 2.45) is 35.0 Å². The number of methoxy groups -OCH3 is 1. The molecule has 0 unspecified atom stereocenters. The van der Waals surface area contributed by atoms with Gasteiger partial charge in [-0.15, -0.1) is 0 Å². The van der Waals surface area contributed by atoms with E-state index in [-0.39, 0.29) is 5.60 Å². The Kier molecular flexibility index (Phi) is 4.19. The van der Waals surface area contributed by atoms with Crippen molar-refractivity contribution in [1.29, 1.82) is 0 Å². The molecule has 0 spiro atoms. The summed E-state index contributed by atoms with van der Waals surface area (Å²) in [6.45, 7) is 9.89. The minimum Gasteiger partial charge on any atom is -0.378 e. The van der Waals surface area contributed by atoms with E-state index in [4.69, 9.17) is 4.74 Å². The molecule has 0 radical (unpaired) electrons. The Morgan fingerprint density at radius 3 is 2.43 bits per heavy atom. The monoisotopic (exact) mass is 292 g/mol. The molecule has 0 heterocycles. The molecule has 21 heavy (non-hydrogen) atoms. The molecule has 1 heteroatoms. The van der Waals surface area contributed by atoms with Gasteiger partial charge in [0.15, 0.2) is 0 Å². The summed E-state index contributed by atoms with van der Waals surface area (Å²) in [6, 6.07) is 0. The first-order chi connectivity index (χ1) is 9.90. The van der Waals surface area contributed by atoms with Crippen molar-refractivity contribution in [3.05, 3.63) is 0 Å². The third-order valence-electron chi connectivity index (χ3n) is 8.03. The summed E-state index contributed by atoms with van der Waals surface area (Å²) in [5.41, 5.74) is 0.695. The van der Waals surface area contributed by atoms with E-state index in [9.17, 15) is 0 Å². The van der Waals surface area contributed by atoms with Crippen LogP contribution in [0.3, 0.4) is 0 Å². The Labute approximate surface area is 132 Å². The van der Waals surface area contributed by atoms with Crippen molar-refractivity contribution < 1.29 is 4.74 Å². The quantitative estimate of drug-likeness (QED) is 0.636. The van der Waals surface area contributed by atoms with Crippen molar-refractivity contribution in [3.63, 3.8) is 0 Å². The molecule has 3 aliphatic rings. The molecule has 6 atom stereocenters. The van der Waals surface area contributed by atoms with Gasteiger partial charge in [0.05, 0.1) is 5.60 Å². The highest BCUT2D eigenvalue weighted by Gasteiger charge is 2.57. The normalized spacial score (nSPS) is 50.6. The maximum absolute atomic E-state index is 6.05. The van der Waals surface area contributed by atoms with Crippen molar-refractivity contribution in [2.45, 2.75) is 84.7 Å². The van der Waals surface area contributed by atoms with E-state index in [1.165, 1.54) is 51.4 Å². The Morgan fingerprint density at radius 2 is 1.76 bits per heavy atom. The highest BCUT2D eigenvalue weighted by atomic mass is 16.5. The lowest BCUT2D eigenvalue weighted by Crippen LogP contribution is -2.57. The minimum atomic E-state index is 0.146. The number of hydrogen-bond acceptors (Lipinski definition) is 1. The van der Waals surface area contributed by atoms with Crippen molar-refractivity contribution in [2.75, 3.05) is 7.11 Å². The summed E-state index contributed by atoms with van der Waals surface area (Å²) in [4.78, 5) is 0. The second-order valence-electron chi connectivity index (χ2n) is 9.19. The summed E-state index contributed by atoms with van der Waals surface area (Å²) in [5, 5.41) is 0. The van der Waals surface area contributed by atoms with E-state index in [0.717, 1.165) is 29.6 Å². The van der Waals surface area contributed by atoms with Crippen LogP contribution in [0.5, 0.6) is 0 Å². The Bertz CT molecular complexity index is 376. The van der Waals surface area contributed by atoms with Gasteiger partial charge in [0.2, 0.25) is 0 Å². The lowest BCUT2D eigenvalue weighted by Gasteiger charge is -2.61. The third-order valence-corrected chi connectivity index (χ3v) is 8.03. The van der Waals surface area contributed by atoms with Crippen LogP contribution in [-0.4, -0.2) is 12.7 Å². The Balaban J connectivity index is 1.82. The van der Waals surface area contributed by atoms with Gasteiger partial charge in [-0.05, 0) is 86.9 Å². The van der Waals surface area contributed by atoms with E-state index in [1.807, 2.05) is 7.11 Å². The average molecular weight is 293 g/mol. The van der Waals surface area contributed by atoms with Crippen LogP contribution < -0.4 is 0 Å². The van der Waals surface area contributed by atoms with Gasteiger partial charge in [0, 0.05) is 7.11 Å². The van der Waals surface area contributed by atoms with E-state index in [1.54, 1.807) is 0 Å². The molecule has 3 fully saturated rings. The molecule has 0 aromatic carbocycles. The molecule has 0 N–H and O–H groups in total. The molecule has 0 aliphatic heterocycles. The number of rotatable bonds is 2. The topological polar surface area (TPSA) is 9.23 Å². The van der Waals surface area contributed by atoms with E-state index in [0.29, 0.717) is 5.41 Å². The van der Waals surface area contributed by atoms with Crippen LogP contribution >= 0.6 is 0 Å². The lowest BCUT2D eigenvalue weighted by molar-refractivity contribution is -0.175. The average Bonchev–Trinajstić information content (AvgIpc) is 2.46. The van der Waals surface area contributed by atoms with Crippen molar-refractivity contribution in [3.8, 4) is 0 Å². The SMILES string of the molecule is CO[C@@]1(C)CCC[C@@]2(C)[C@H]1CC[C@@H]1C[C@@H](C(C)C)CC[C@@H]12. The molecule has 0 saturated heterocycles. The molecule has 3 saturated carbocycles. The molecule has 3 rings (SSSR count). The zero-order valence-corrected chi connectivity index (χ0v) is 15.0. The van der Waals surface area contributed by atoms with Crippen LogP contribution in [0.1, 0.15) is 79.1 Å². The fourth-order valence-corrected chi connectivity index (χ4v) is 6.66. The second kappa shape index (κ2) is 5.55. The fourth-order valence-electron chi connectivity index (χ4n) is 6.66. The molecule has 0 aromatic rings. The first-order valence-electron chi connectivity index (χ1n) is 9.46. The number of ether oxygens (including phenoxy) is 1. The van der Waals surface area contributed by atoms with Crippen molar-refractivity contribution in [1.82, 2.24) is 0 Å². The van der Waals surface area contributed by atoms with E-state index >= 15 is 0 Å². The zero-order valence-electron chi connectivity index (χ0n) is 15.0. The summed E-state index contributed by atoms with van der Waals surface area (Å²) in [5.74, 6) is 4.64. The molecule has 3 aliphatic carbocycles. The highest BCUT2D eigenvalue weighted by molar-refractivity contribution is 5.07. The van der Waals surface area contributed by atoms with Gasteiger partial charge in [-0.1, -0.05) is 27.2 Å². The van der Waals surface area contributed by atoms with Crippen LogP contribution in [0.25, 0.3) is 0 Å². The Morgan fingerprint density at radius 1 is 1.00 bits per heavy atom. The van der Waals surface area contributed by atoms with Crippen LogP contribution in [0.2, 0.25) is 0 Å². The number of hydrogen-bond donors (Lipinski definition) is 0. The van der Waals surface area contributed by atoms with E-state index < -0.39 is 0 Å². The summed E-state index contributed by atoms with van der Waals surface area (Å²) in [6.07, 6.45) is 11.4. The predicted octanol–water partition coefficient (Wildman–Crippen LogP) is 5.68. The van der Waals surface area contributed by atoms with Gasteiger partial charge in [-0.25, -0.2) is 0 Å². The van der Waals surface area contributed by atoms with Gasteiger partial charge in [0.25, 0.3) is 0 Å². The Hall–Kier alpha value is -0.0400. The van der Waals surface area contributed by atoms with Gasteiger partial charge in [-0.2, -0.15) is 0 Å². The van der Waals surface area contributed by atoms with E-state index in [2.05, 4.69) is 27.7 Å². The highest BCUT2D eigenvalue weighted by Crippen LogP contribution is 2.62. The molecule has 0 aromatic heterocycles. The van der Waals surface area contributed by atoms with Gasteiger partial charge >= 0.3 is 0 Å². The molecular weight excluding hydrogens is 256 g/mol. The predicted molar refractivity (Wildman–Crippen MR) is 89.3 cm³/mol. The zero-order chi connectivity index (χ0) is 15.3. The van der Waals surface area contributed by atoms with Crippen molar-refractivity contribution >= 4 is 0 Å². The summed E-state index contributed by atoms with van der Waals surface area (Å²) < 4.78 is 6.05. The maximum atomic E-state index is 6.05. The minimum absolute atomic E-state index is 0.146. The van der Waals surface area contributed by atoms with Gasteiger partial charge in [0.1, 0.15) is 0 Å². The van der Waals surface area contributed by atoms with Crippen LogP contribution in [0.4, 0.5) is 0 Å². The third kappa shape index (κ3) is 2.48.